The fraction of sp³-hybridized carbons (Fsp3) is 0.222. The molecular weight excluding hydrogens is 316 g/mol. The van der Waals surface area contributed by atoms with Crippen LogP contribution in [0.25, 0.3) is 11.1 Å². The number of carboxylic acid groups (broad SMARTS) is 1. The number of hydrogen-bond donors (Lipinski definition) is 1. The Morgan fingerprint density at radius 3 is 2.46 bits per heavy atom. The van der Waals surface area contributed by atoms with E-state index in [0.717, 1.165) is 12.1 Å². The average Bonchev–Trinajstić information content (AvgIpc) is 2.86. The van der Waals surface area contributed by atoms with Gasteiger partial charge in [-0.05, 0) is 47.4 Å². The lowest BCUT2D eigenvalue weighted by molar-refractivity contribution is -0.140. The molecule has 4 nitrogen and oxygen atoms in total. The molecule has 0 spiro atoms. The Morgan fingerprint density at radius 2 is 1.83 bits per heavy atom. The molecule has 1 aliphatic heterocycles. The third kappa shape index (κ3) is 2.64. The smallest absolute Gasteiger partial charge is 0.326 e. The Morgan fingerprint density at radius 1 is 1.17 bits per heavy atom. The van der Waals surface area contributed by atoms with Gasteiger partial charge in [0.25, 0.3) is 0 Å². The Bertz CT molecular complexity index is 835. The summed E-state index contributed by atoms with van der Waals surface area (Å²) in [5.41, 5.74) is 2.38. The summed E-state index contributed by atoms with van der Waals surface area (Å²) in [6.07, 6.45) is 0.391. The summed E-state index contributed by atoms with van der Waals surface area (Å²) >= 11 is 0. The summed E-state index contributed by atoms with van der Waals surface area (Å²) in [7, 11) is 0. The molecule has 0 saturated heterocycles. The van der Waals surface area contributed by atoms with Gasteiger partial charge in [0.1, 0.15) is 6.04 Å². The highest BCUT2D eigenvalue weighted by Gasteiger charge is 2.35. The van der Waals surface area contributed by atoms with Crippen LogP contribution in [-0.4, -0.2) is 23.0 Å². The van der Waals surface area contributed by atoms with Gasteiger partial charge in [0.2, 0.25) is 5.91 Å². The minimum absolute atomic E-state index is 0.0939. The van der Waals surface area contributed by atoms with Gasteiger partial charge in [-0.3, -0.25) is 9.69 Å². The van der Waals surface area contributed by atoms with Crippen LogP contribution >= 0.6 is 0 Å². The zero-order valence-corrected chi connectivity index (χ0v) is 12.9. The number of aliphatic carboxylic acids is 1. The number of nitrogens with zero attached hydrogens (tertiary/aromatic N) is 1. The maximum absolute atomic E-state index is 13.4. The van der Waals surface area contributed by atoms with Crippen molar-refractivity contribution in [3.63, 3.8) is 0 Å². The average molecular weight is 331 g/mol. The highest BCUT2D eigenvalue weighted by atomic mass is 19.2. The zero-order chi connectivity index (χ0) is 17.4. The highest BCUT2D eigenvalue weighted by molar-refractivity contribution is 6.05. The van der Waals surface area contributed by atoms with Gasteiger partial charge in [0.05, 0.1) is 6.42 Å². The van der Waals surface area contributed by atoms with E-state index in [1.165, 1.54) is 11.0 Å². The molecule has 1 unspecified atom stereocenters. The van der Waals surface area contributed by atoms with Crippen LogP contribution in [0.15, 0.2) is 36.4 Å². The third-order valence-corrected chi connectivity index (χ3v) is 4.19. The maximum Gasteiger partial charge on any atom is 0.326 e. The van der Waals surface area contributed by atoms with Crippen molar-refractivity contribution in [1.82, 2.24) is 0 Å². The monoisotopic (exact) mass is 331 g/mol. The molecule has 1 heterocycles. The van der Waals surface area contributed by atoms with Gasteiger partial charge in [-0.25, -0.2) is 13.6 Å². The van der Waals surface area contributed by atoms with Crippen molar-refractivity contribution in [1.29, 1.82) is 0 Å². The fourth-order valence-corrected chi connectivity index (χ4v) is 3.01. The van der Waals surface area contributed by atoms with E-state index < -0.39 is 23.6 Å². The second-order valence-electron chi connectivity index (χ2n) is 5.68. The number of rotatable bonds is 4. The molecule has 1 amide bonds. The molecule has 3 rings (SSSR count). The van der Waals surface area contributed by atoms with Crippen molar-refractivity contribution in [2.75, 3.05) is 4.90 Å². The number of hydrogen-bond acceptors (Lipinski definition) is 2. The summed E-state index contributed by atoms with van der Waals surface area (Å²) in [6.45, 7) is 1.71. The van der Waals surface area contributed by atoms with Crippen LogP contribution in [0.2, 0.25) is 0 Å². The maximum atomic E-state index is 13.4. The van der Waals surface area contributed by atoms with Crippen LogP contribution in [0.5, 0.6) is 0 Å². The molecule has 2 aromatic carbocycles. The standard InChI is InChI=1S/C18H15F2NO3/c1-2-15(18(23)24)21-16-6-4-10(7-12(16)9-17(21)22)11-3-5-13(19)14(20)8-11/h3-8,15H,2,9H2,1H3,(H,23,24). The summed E-state index contributed by atoms with van der Waals surface area (Å²) in [4.78, 5) is 24.9. The zero-order valence-electron chi connectivity index (χ0n) is 12.9. The molecule has 124 valence electrons. The summed E-state index contributed by atoms with van der Waals surface area (Å²) < 4.78 is 26.5. The lowest BCUT2D eigenvalue weighted by Crippen LogP contribution is -2.42. The van der Waals surface area contributed by atoms with Gasteiger partial charge in [-0.2, -0.15) is 0 Å². The topological polar surface area (TPSA) is 57.6 Å². The van der Waals surface area contributed by atoms with Crippen LogP contribution < -0.4 is 4.90 Å². The third-order valence-electron chi connectivity index (χ3n) is 4.19. The van der Waals surface area contributed by atoms with Gasteiger partial charge in [-0.15, -0.1) is 0 Å². The Kier molecular flexibility index (Phi) is 4.05. The second-order valence-corrected chi connectivity index (χ2v) is 5.68. The quantitative estimate of drug-likeness (QED) is 0.934. The predicted molar refractivity (Wildman–Crippen MR) is 84.7 cm³/mol. The molecule has 1 aliphatic rings. The van der Waals surface area contributed by atoms with E-state index in [9.17, 15) is 23.5 Å². The minimum Gasteiger partial charge on any atom is -0.480 e. The summed E-state index contributed by atoms with van der Waals surface area (Å²) in [5, 5.41) is 9.30. The molecule has 0 aliphatic carbocycles. The van der Waals surface area contributed by atoms with Gasteiger partial charge in [0.15, 0.2) is 11.6 Å². The fourth-order valence-electron chi connectivity index (χ4n) is 3.01. The van der Waals surface area contributed by atoms with Crippen LogP contribution in [0.1, 0.15) is 18.9 Å². The van der Waals surface area contributed by atoms with Crippen LogP contribution in [0, 0.1) is 11.6 Å². The molecule has 6 heteroatoms. The van der Waals surface area contributed by atoms with Crippen LogP contribution in [0.3, 0.4) is 0 Å². The van der Waals surface area contributed by atoms with Crippen molar-refractivity contribution < 1.29 is 23.5 Å². The van der Waals surface area contributed by atoms with E-state index in [1.807, 2.05) is 0 Å². The van der Waals surface area contributed by atoms with Crippen molar-refractivity contribution in [3.05, 3.63) is 53.6 Å². The first-order valence-electron chi connectivity index (χ1n) is 7.55. The van der Waals surface area contributed by atoms with E-state index in [-0.39, 0.29) is 12.3 Å². The van der Waals surface area contributed by atoms with Gasteiger partial charge in [-0.1, -0.05) is 19.1 Å². The first kappa shape index (κ1) is 16.1. The lowest BCUT2D eigenvalue weighted by atomic mass is 10.0. The largest absolute Gasteiger partial charge is 0.480 e. The number of carboxylic acids is 1. The Labute approximate surface area is 137 Å². The lowest BCUT2D eigenvalue weighted by Gasteiger charge is -2.24. The second kappa shape index (κ2) is 6.03. The van der Waals surface area contributed by atoms with E-state index >= 15 is 0 Å². The Balaban J connectivity index is 2.01. The number of amides is 1. The normalized spacial score (nSPS) is 14.6. The van der Waals surface area contributed by atoms with Crippen LogP contribution in [-0.2, 0) is 16.0 Å². The molecule has 0 bridgehead atoms. The highest BCUT2D eigenvalue weighted by Crippen LogP contribution is 2.35. The van der Waals surface area contributed by atoms with Gasteiger partial charge in [0, 0.05) is 5.69 Å². The number of benzene rings is 2. The van der Waals surface area contributed by atoms with E-state index in [0.29, 0.717) is 28.8 Å². The molecule has 2 aromatic rings. The predicted octanol–water partition coefficient (Wildman–Crippen LogP) is 3.38. The molecule has 24 heavy (non-hydrogen) atoms. The summed E-state index contributed by atoms with van der Waals surface area (Å²) in [5.74, 6) is -3.19. The number of anilines is 1. The first-order chi connectivity index (χ1) is 11.4. The van der Waals surface area contributed by atoms with Crippen LogP contribution in [0.4, 0.5) is 14.5 Å². The molecular formula is C18H15F2NO3. The van der Waals surface area contributed by atoms with Gasteiger partial charge >= 0.3 is 5.97 Å². The van der Waals surface area contributed by atoms with E-state index in [2.05, 4.69) is 0 Å². The molecule has 0 aromatic heterocycles. The number of fused-ring (bicyclic) bond motifs is 1. The molecule has 1 N–H and O–H groups in total. The van der Waals surface area contributed by atoms with E-state index in [4.69, 9.17) is 0 Å². The van der Waals surface area contributed by atoms with Crippen molar-refractivity contribution in [2.24, 2.45) is 0 Å². The molecule has 0 radical (unpaired) electrons. The van der Waals surface area contributed by atoms with Crippen molar-refractivity contribution in [2.45, 2.75) is 25.8 Å². The van der Waals surface area contributed by atoms with Crippen molar-refractivity contribution in [3.8, 4) is 11.1 Å². The number of carbonyl (C=O) groups excluding carboxylic acids is 1. The number of halogens is 2. The van der Waals surface area contributed by atoms with Crippen molar-refractivity contribution >= 4 is 17.6 Å². The Hall–Kier alpha value is -2.76. The summed E-state index contributed by atoms with van der Waals surface area (Å²) in [6, 6.07) is 7.74. The SMILES string of the molecule is CCC(C(=O)O)N1C(=O)Cc2cc(-c3ccc(F)c(F)c3)ccc21. The van der Waals surface area contributed by atoms with Gasteiger partial charge < -0.3 is 5.11 Å². The molecule has 0 fully saturated rings. The van der Waals surface area contributed by atoms with E-state index in [1.54, 1.807) is 25.1 Å². The minimum atomic E-state index is -1.05. The first-order valence-corrected chi connectivity index (χ1v) is 7.55. The molecule has 0 saturated carbocycles. The number of carbonyl (C=O) groups is 2. The molecule has 1 atom stereocenters.